The lowest BCUT2D eigenvalue weighted by Crippen LogP contribution is -2.34. The van der Waals surface area contributed by atoms with Crippen LogP contribution in [0, 0.1) is 0 Å². The molecular weight excluding hydrogens is 290 g/mol. The molecule has 1 atom stereocenters. The molecule has 1 aliphatic heterocycles. The van der Waals surface area contributed by atoms with Crippen LogP contribution in [0.4, 0.5) is 5.82 Å². The van der Waals surface area contributed by atoms with Gasteiger partial charge in [0.05, 0.1) is 5.69 Å². The molecule has 2 N–H and O–H groups in total. The molecule has 0 aliphatic carbocycles. The summed E-state index contributed by atoms with van der Waals surface area (Å²) in [7, 11) is 4.11. The van der Waals surface area contributed by atoms with Crippen LogP contribution in [0.5, 0.6) is 0 Å². The maximum absolute atomic E-state index is 12.7. The highest BCUT2D eigenvalue weighted by Crippen LogP contribution is 2.22. The van der Waals surface area contributed by atoms with Crippen LogP contribution in [0.25, 0.3) is 11.3 Å². The molecule has 0 unspecified atom stereocenters. The molecule has 1 aliphatic rings. The molecule has 0 spiro atoms. The summed E-state index contributed by atoms with van der Waals surface area (Å²) >= 11 is 0. The fourth-order valence-corrected chi connectivity index (χ4v) is 2.87. The Balaban J connectivity index is 1.81. The van der Waals surface area contributed by atoms with Gasteiger partial charge in [0.25, 0.3) is 5.91 Å². The average molecular weight is 311 g/mol. The van der Waals surface area contributed by atoms with Crippen LogP contribution in [0.3, 0.4) is 0 Å². The second-order valence-electron chi connectivity index (χ2n) is 6.07. The summed E-state index contributed by atoms with van der Waals surface area (Å²) < 4.78 is 0. The van der Waals surface area contributed by atoms with Crippen LogP contribution in [-0.4, -0.2) is 58.9 Å². The quantitative estimate of drug-likeness (QED) is 0.930. The molecule has 2 aromatic rings. The minimum atomic E-state index is 0.0678. The Bertz CT molecular complexity index is 716. The van der Waals surface area contributed by atoms with Gasteiger partial charge in [-0.25, -0.2) is 9.97 Å². The summed E-state index contributed by atoms with van der Waals surface area (Å²) in [6, 6.07) is 9.66. The van der Waals surface area contributed by atoms with Gasteiger partial charge in [-0.15, -0.1) is 0 Å². The zero-order valence-electron chi connectivity index (χ0n) is 13.4. The van der Waals surface area contributed by atoms with E-state index < -0.39 is 0 Å². The molecule has 0 bridgehead atoms. The van der Waals surface area contributed by atoms with Crippen molar-refractivity contribution in [1.82, 2.24) is 19.8 Å². The normalized spacial score (nSPS) is 17.7. The largest absolute Gasteiger partial charge is 0.384 e. The molecule has 0 saturated carbocycles. The summed E-state index contributed by atoms with van der Waals surface area (Å²) in [4.78, 5) is 24.9. The van der Waals surface area contributed by atoms with Crippen LogP contribution in [0.2, 0.25) is 0 Å². The van der Waals surface area contributed by atoms with Crippen LogP contribution < -0.4 is 5.73 Å². The van der Waals surface area contributed by atoms with Gasteiger partial charge in [0, 0.05) is 36.3 Å². The van der Waals surface area contributed by atoms with Gasteiger partial charge in [0.1, 0.15) is 12.1 Å². The van der Waals surface area contributed by atoms with Gasteiger partial charge in [-0.2, -0.15) is 0 Å². The molecule has 3 rings (SSSR count). The van der Waals surface area contributed by atoms with Crippen LogP contribution >= 0.6 is 0 Å². The van der Waals surface area contributed by atoms with Crippen LogP contribution in [0.1, 0.15) is 16.8 Å². The van der Waals surface area contributed by atoms with Crippen molar-refractivity contribution in [2.24, 2.45) is 0 Å². The topological polar surface area (TPSA) is 75.3 Å². The number of benzene rings is 1. The predicted octanol–water partition coefficient (Wildman–Crippen LogP) is 1.50. The van der Waals surface area contributed by atoms with Crippen LogP contribution in [0.15, 0.2) is 36.7 Å². The molecular formula is C17H21N5O. The molecule has 120 valence electrons. The lowest BCUT2D eigenvalue weighted by atomic mass is 10.1. The minimum Gasteiger partial charge on any atom is -0.384 e. The fraction of sp³-hybridized carbons (Fsp3) is 0.353. The maximum Gasteiger partial charge on any atom is 0.253 e. The van der Waals surface area contributed by atoms with E-state index in [4.69, 9.17) is 5.73 Å². The first-order chi connectivity index (χ1) is 11.0. The molecule has 6 nitrogen and oxygen atoms in total. The molecule has 1 amide bonds. The van der Waals surface area contributed by atoms with E-state index in [1.54, 1.807) is 6.07 Å². The first kappa shape index (κ1) is 15.4. The summed E-state index contributed by atoms with van der Waals surface area (Å²) in [5.74, 6) is 0.485. The first-order valence-corrected chi connectivity index (χ1v) is 7.68. The highest BCUT2D eigenvalue weighted by Gasteiger charge is 2.28. The predicted molar refractivity (Wildman–Crippen MR) is 89.9 cm³/mol. The van der Waals surface area contributed by atoms with Gasteiger partial charge in [0.2, 0.25) is 0 Å². The Morgan fingerprint density at radius 1 is 1.30 bits per heavy atom. The molecule has 23 heavy (non-hydrogen) atoms. The van der Waals surface area contributed by atoms with Crippen molar-refractivity contribution < 1.29 is 4.79 Å². The number of likely N-dealkylation sites (tertiary alicyclic amines) is 1. The molecule has 2 heterocycles. The lowest BCUT2D eigenvalue weighted by molar-refractivity contribution is 0.0783. The van der Waals surface area contributed by atoms with Gasteiger partial charge in [-0.3, -0.25) is 4.79 Å². The van der Waals surface area contributed by atoms with E-state index in [-0.39, 0.29) is 5.91 Å². The van der Waals surface area contributed by atoms with Crippen molar-refractivity contribution in [3.8, 4) is 11.3 Å². The summed E-state index contributed by atoms with van der Waals surface area (Å²) in [6.45, 7) is 1.57. The zero-order chi connectivity index (χ0) is 16.4. The van der Waals surface area contributed by atoms with E-state index in [1.165, 1.54) is 6.33 Å². The molecule has 0 radical (unpaired) electrons. The molecule has 1 aromatic carbocycles. The van der Waals surface area contributed by atoms with Crippen molar-refractivity contribution >= 4 is 11.7 Å². The van der Waals surface area contributed by atoms with Gasteiger partial charge in [-0.1, -0.05) is 12.1 Å². The number of nitrogen functional groups attached to an aromatic ring is 1. The Labute approximate surface area is 135 Å². The number of aromatic nitrogens is 2. The number of nitrogens with zero attached hydrogens (tertiary/aromatic N) is 4. The third kappa shape index (κ3) is 3.32. The first-order valence-electron chi connectivity index (χ1n) is 7.68. The standard InChI is InChI=1S/C17H21N5O/c1-21(2)14-6-7-22(10-14)17(23)13-5-3-4-12(8-13)15-9-16(18)20-11-19-15/h3-5,8-9,11,14H,6-7,10H2,1-2H3,(H2,18,19,20)/t14-/m0/s1. The second-order valence-corrected chi connectivity index (χ2v) is 6.07. The molecule has 1 aromatic heterocycles. The van der Waals surface area contributed by atoms with Crippen molar-refractivity contribution in [1.29, 1.82) is 0 Å². The number of likely N-dealkylation sites (N-methyl/N-ethyl adjacent to an activating group) is 1. The Kier molecular flexibility index (Phi) is 4.25. The number of hydrogen-bond donors (Lipinski definition) is 1. The Morgan fingerprint density at radius 3 is 2.83 bits per heavy atom. The van der Waals surface area contributed by atoms with E-state index >= 15 is 0 Å². The van der Waals surface area contributed by atoms with E-state index in [2.05, 4.69) is 29.0 Å². The Morgan fingerprint density at radius 2 is 2.13 bits per heavy atom. The highest BCUT2D eigenvalue weighted by molar-refractivity contribution is 5.95. The third-order valence-corrected chi connectivity index (χ3v) is 4.27. The number of amides is 1. The molecule has 6 heteroatoms. The number of nitrogens with two attached hydrogens (primary N) is 1. The van der Waals surface area contributed by atoms with E-state index in [0.717, 1.165) is 30.8 Å². The van der Waals surface area contributed by atoms with E-state index in [1.807, 2.05) is 29.2 Å². The lowest BCUT2D eigenvalue weighted by Gasteiger charge is -2.20. The maximum atomic E-state index is 12.7. The number of rotatable bonds is 3. The summed E-state index contributed by atoms with van der Waals surface area (Å²) in [6.07, 6.45) is 2.45. The minimum absolute atomic E-state index is 0.0678. The molecule has 1 saturated heterocycles. The zero-order valence-corrected chi connectivity index (χ0v) is 13.4. The summed E-state index contributed by atoms with van der Waals surface area (Å²) in [5.41, 5.74) is 7.98. The Hall–Kier alpha value is -2.47. The third-order valence-electron chi connectivity index (χ3n) is 4.27. The highest BCUT2D eigenvalue weighted by atomic mass is 16.2. The van der Waals surface area contributed by atoms with Gasteiger partial charge in [0.15, 0.2) is 0 Å². The van der Waals surface area contributed by atoms with E-state index in [0.29, 0.717) is 17.4 Å². The van der Waals surface area contributed by atoms with Crippen molar-refractivity contribution in [3.63, 3.8) is 0 Å². The number of carbonyl (C=O) groups excluding carboxylic acids is 1. The number of hydrogen-bond acceptors (Lipinski definition) is 5. The van der Waals surface area contributed by atoms with Gasteiger partial charge >= 0.3 is 0 Å². The van der Waals surface area contributed by atoms with Crippen molar-refractivity contribution in [2.45, 2.75) is 12.5 Å². The van der Waals surface area contributed by atoms with Crippen molar-refractivity contribution in [2.75, 3.05) is 32.9 Å². The van der Waals surface area contributed by atoms with Gasteiger partial charge < -0.3 is 15.5 Å². The fourth-order valence-electron chi connectivity index (χ4n) is 2.87. The van der Waals surface area contributed by atoms with Crippen LogP contribution in [-0.2, 0) is 0 Å². The number of anilines is 1. The average Bonchev–Trinajstić information content (AvgIpc) is 3.04. The SMILES string of the molecule is CN(C)[C@H]1CCN(C(=O)c2cccc(-c3cc(N)ncn3)c2)C1. The smallest absolute Gasteiger partial charge is 0.253 e. The molecule has 1 fully saturated rings. The van der Waals surface area contributed by atoms with Crippen molar-refractivity contribution in [3.05, 3.63) is 42.2 Å². The van der Waals surface area contributed by atoms with Gasteiger partial charge in [-0.05, 0) is 32.6 Å². The second kappa shape index (κ2) is 6.34. The summed E-state index contributed by atoms with van der Waals surface area (Å²) in [5, 5.41) is 0. The number of carbonyl (C=O) groups is 1. The monoisotopic (exact) mass is 311 g/mol. The van der Waals surface area contributed by atoms with E-state index in [9.17, 15) is 4.79 Å².